The highest BCUT2D eigenvalue weighted by atomic mass is 14.2. The SMILES string of the molecule is CC.CC1=CC=CC(C)C1.Cc1cccc(C)c1-c1ccc2c(c1)-c1cccc3cccc-2c13. The van der Waals surface area contributed by atoms with Crippen LogP contribution in [0.2, 0.25) is 0 Å². The summed E-state index contributed by atoms with van der Waals surface area (Å²) >= 11 is 0. The molecule has 0 nitrogen and oxygen atoms in total. The van der Waals surface area contributed by atoms with Crippen LogP contribution < -0.4 is 0 Å². The summed E-state index contributed by atoms with van der Waals surface area (Å²) in [4.78, 5) is 0. The van der Waals surface area contributed by atoms with Crippen molar-refractivity contribution in [2.75, 3.05) is 0 Å². The molecule has 1 atom stereocenters. The van der Waals surface area contributed by atoms with Crippen LogP contribution in [0.25, 0.3) is 44.2 Å². The van der Waals surface area contributed by atoms with Gasteiger partial charge in [0.1, 0.15) is 0 Å². The smallest absolute Gasteiger partial charge is 0.00264 e. The third-order valence-electron chi connectivity index (χ3n) is 6.74. The summed E-state index contributed by atoms with van der Waals surface area (Å²) in [6.07, 6.45) is 7.81. The van der Waals surface area contributed by atoms with E-state index in [1.54, 1.807) is 0 Å². The minimum Gasteiger partial charge on any atom is -0.0814 e. The van der Waals surface area contributed by atoms with Crippen molar-refractivity contribution < 1.29 is 0 Å². The molecule has 0 heteroatoms. The standard InChI is InChI=1S/C24H18.C8H12.C2H6/c1-15-6-3-7-16(2)23(15)18-12-13-19-20-10-4-8-17-9-5-11-21(24(17)20)22(19)14-18;1-7-4-3-5-8(2)6-7;1-2/h3-14H,1-2H3;3-5,7H,6H2,1-2H3;1-2H3. The lowest BCUT2D eigenvalue weighted by Gasteiger charge is -2.12. The molecule has 0 bridgehead atoms. The average molecular weight is 445 g/mol. The zero-order valence-electron chi connectivity index (χ0n) is 21.4. The Balaban J connectivity index is 0.000000232. The van der Waals surface area contributed by atoms with E-state index in [2.05, 4.69) is 119 Å². The maximum atomic E-state index is 2.37. The van der Waals surface area contributed by atoms with Gasteiger partial charge in [-0.3, -0.25) is 0 Å². The first kappa shape index (κ1) is 23.8. The molecule has 4 aromatic rings. The Kier molecular flexibility index (Phi) is 7.17. The topological polar surface area (TPSA) is 0 Å². The third kappa shape index (κ3) is 4.50. The maximum Gasteiger partial charge on any atom is -0.00264 e. The minimum atomic E-state index is 0.764. The fourth-order valence-corrected chi connectivity index (χ4v) is 5.27. The van der Waals surface area contributed by atoms with E-state index in [1.807, 2.05) is 13.8 Å². The number of rotatable bonds is 1. The summed E-state index contributed by atoms with van der Waals surface area (Å²) < 4.78 is 0. The molecule has 0 amide bonds. The quantitative estimate of drug-likeness (QED) is 0.241. The van der Waals surface area contributed by atoms with Crippen LogP contribution in [0, 0.1) is 19.8 Å². The lowest BCUT2D eigenvalue weighted by Crippen LogP contribution is -1.93. The van der Waals surface area contributed by atoms with Crippen LogP contribution in [0.1, 0.15) is 45.2 Å². The average Bonchev–Trinajstić information content (AvgIpc) is 3.16. The number of hydrogen-bond acceptors (Lipinski definition) is 0. The lowest BCUT2D eigenvalue weighted by atomic mass is 9.92. The molecule has 4 aromatic carbocycles. The van der Waals surface area contributed by atoms with E-state index in [9.17, 15) is 0 Å². The van der Waals surface area contributed by atoms with Crippen molar-refractivity contribution >= 4 is 10.8 Å². The van der Waals surface area contributed by atoms with Gasteiger partial charge < -0.3 is 0 Å². The number of allylic oxidation sites excluding steroid dienone is 4. The summed E-state index contributed by atoms with van der Waals surface area (Å²) in [7, 11) is 0. The van der Waals surface area contributed by atoms with E-state index in [4.69, 9.17) is 0 Å². The van der Waals surface area contributed by atoms with E-state index in [0.29, 0.717) is 0 Å². The summed E-state index contributed by atoms with van der Waals surface area (Å²) in [5.74, 6) is 0.764. The van der Waals surface area contributed by atoms with Gasteiger partial charge in [0.05, 0.1) is 0 Å². The zero-order valence-corrected chi connectivity index (χ0v) is 21.4. The van der Waals surface area contributed by atoms with Crippen LogP contribution in [-0.4, -0.2) is 0 Å². The van der Waals surface area contributed by atoms with Gasteiger partial charge in [0.15, 0.2) is 0 Å². The highest BCUT2D eigenvalue weighted by molar-refractivity contribution is 6.15. The molecule has 0 spiro atoms. The van der Waals surface area contributed by atoms with Crippen molar-refractivity contribution in [2.45, 2.75) is 48.0 Å². The Bertz CT molecular complexity index is 1360. The number of hydrogen-bond donors (Lipinski definition) is 0. The van der Waals surface area contributed by atoms with Crippen LogP contribution in [-0.2, 0) is 0 Å². The van der Waals surface area contributed by atoms with Gasteiger partial charge in [-0.15, -0.1) is 0 Å². The molecule has 1 unspecified atom stereocenters. The van der Waals surface area contributed by atoms with Crippen LogP contribution in [0.4, 0.5) is 0 Å². The highest BCUT2D eigenvalue weighted by Gasteiger charge is 2.21. The number of aryl methyl sites for hydroxylation is 2. The van der Waals surface area contributed by atoms with Gasteiger partial charge in [0, 0.05) is 0 Å². The fraction of sp³-hybridized carbons (Fsp3) is 0.235. The van der Waals surface area contributed by atoms with Gasteiger partial charge in [0.2, 0.25) is 0 Å². The van der Waals surface area contributed by atoms with Gasteiger partial charge in [-0.25, -0.2) is 0 Å². The molecule has 2 aliphatic carbocycles. The predicted molar refractivity (Wildman–Crippen MR) is 151 cm³/mol. The third-order valence-corrected chi connectivity index (χ3v) is 6.74. The second-order valence-corrected chi connectivity index (χ2v) is 9.32. The molecular formula is C34H36. The lowest BCUT2D eigenvalue weighted by molar-refractivity contribution is 0.707. The molecule has 0 N–H and O–H groups in total. The van der Waals surface area contributed by atoms with E-state index >= 15 is 0 Å². The highest BCUT2D eigenvalue weighted by Crippen LogP contribution is 2.48. The predicted octanol–water partition coefficient (Wildman–Crippen LogP) is 10.3. The van der Waals surface area contributed by atoms with Crippen LogP contribution in [0.5, 0.6) is 0 Å². The van der Waals surface area contributed by atoms with Crippen molar-refractivity contribution in [2.24, 2.45) is 5.92 Å². The first-order valence-electron chi connectivity index (χ1n) is 12.6. The van der Waals surface area contributed by atoms with Crippen LogP contribution in [0.3, 0.4) is 0 Å². The van der Waals surface area contributed by atoms with Crippen molar-refractivity contribution in [3.05, 3.63) is 108 Å². The summed E-state index contributed by atoms with van der Waals surface area (Å²) in [5.41, 5.74) is 12.3. The molecule has 2 aliphatic rings. The van der Waals surface area contributed by atoms with Gasteiger partial charge >= 0.3 is 0 Å². The monoisotopic (exact) mass is 444 g/mol. The summed E-state index contributed by atoms with van der Waals surface area (Å²) in [6, 6.07) is 26.7. The largest absolute Gasteiger partial charge is 0.0814 e. The Morgan fingerprint density at radius 1 is 0.676 bits per heavy atom. The number of fused-ring (bicyclic) bond motifs is 3. The molecule has 0 radical (unpaired) electrons. The van der Waals surface area contributed by atoms with Gasteiger partial charge in [-0.2, -0.15) is 0 Å². The minimum absolute atomic E-state index is 0.764. The van der Waals surface area contributed by atoms with Crippen LogP contribution >= 0.6 is 0 Å². The van der Waals surface area contributed by atoms with Gasteiger partial charge in [-0.1, -0.05) is 111 Å². The zero-order chi connectivity index (χ0) is 24.2. The van der Waals surface area contributed by atoms with Gasteiger partial charge in [-0.05, 0) is 94.5 Å². The van der Waals surface area contributed by atoms with E-state index in [-0.39, 0.29) is 0 Å². The molecule has 0 saturated heterocycles. The summed E-state index contributed by atoms with van der Waals surface area (Å²) in [6.45, 7) is 12.8. The van der Waals surface area contributed by atoms with Crippen molar-refractivity contribution in [3.63, 3.8) is 0 Å². The Morgan fingerprint density at radius 2 is 1.29 bits per heavy atom. The first-order valence-corrected chi connectivity index (χ1v) is 12.6. The molecular weight excluding hydrogens is 408 g/mol. The molecule has 6 rings (SSSR count). The molecule has 172 valence electrons. The maximum absolute atomic E-state index is 2.37. The molecule has 0 aromatic heterocycles. The molecule has 0 fully saturated rings. The van der Waals surface area contributed by atoms with Gasteiger partial charge in [0.25, 0.3) is 0 Å². The molecule has 0 aliphatic heterocycles. The molecule has 34 heavy (non-hydrogen) atoms. The fourth-order valence-electron chi connectivity index (χ4n) is 5.27. The van der Waals surface area contributed by atoms with Crippen molar-refractivity contribution in [1.82, 2.24) is 0 Å². The molecule has 0 saturated carbocycles. The van der Waals surface area contributed by atoms with E-state index in [1.165, 1.54) is 67.3 Å². The normalized spacial score (nSPS) is 15.0. The van der Waals surface area contributed by atoms with Crippen molar-refractivity contribution in [3.8, 4) is 33.4 Å². The Hall–Kier alpha value is -3.38. The first-order chi connectivity index (χ1) is 16.5. The van der Waals surface area contributed by atoms with Crippen LogP contribution in [0.15, 0.2) is 96.6 Å². The number of benzene rings is 4. The van der Waals surface area contributed by atoms with E-state index < -0.39 is 0 Å². The molecule has 0 heterocycles. The second-order valence-electron chi connectivity index (χ2n) is 9.32. The van der Waals surface area contributed by atoms with Crippen molar-refractivity contribution in [1.29, 1.82) is 0 Å². The Labute approximate surface area is 205 Å². The summed E-state index contributed by atoms with van der Waals surface area (Å²) in [5, 5.41) is 2.73. The Morgan fingerprint density at radius 3 is 1.88 bits per heavy atom. The van der Waals surface area contributed by atoms with E-state index in [0.717, 1.165) is 5.92 Å². The second kappa shape index (κ2) is 10.3.